The molecule has 3 heteroatoms. The molecular formula is C14H18N2S. The molecule has 1 aromatic carbocycles. The molecule has 0 spiro atoms. The van der Waals surface area contributed by atoms with Gasteiger partial charge in [-0.05, 0) is 31.2 Å². The molecule has 1 atom stereocenters. The third-order valence-corrected chi connectivity index (χ3v) is 3.43. The summed E-state index contributed by atoms with van der Waals surface area (Å²) >= 11 is 4.46. The molecule has 0 bridgehead atoms. The zero-order valence-corrected chi connectivity index (χ0v) is 11.2. The van der Waals surface area contributed by atoms with Crippen LogP contribution < -0.4 is 0 Å². The molecule has 0 saturated carbocycles. The second-order valence-corrected chi connectivity index (χ2v) is 4.76. The topological polar surface area (TPSA) is 17.8 Å². The van der Waals surface area contributed by atoms with Crippen LogP contribution in [0.1, 0.15) is 22.9 Å². The van der Waals surface area contributed by atoms with Gasteiger partial charge in [0.1, 0.15) is 0 Å². The molecule has 1 heterocycles. The van der Waals surface area contributed by atoms with Gasteiger partial charge >= 0.3 is 0 Å². The molecule has 1 aromatic heterocycles. The SMILES string of the molecule is Cc1cc(C)n(CC(CS)c2ccccc2)n1. The Morgan fingerprint density at radius 3 is 2.47 bits per heavy atom. The van der Waals surface area contributed by atoms with E-state index in [1.807, 2.05) is 13.0 Å². The van der Waals surface area contributed by atoms with Crippen LogP contribution in [0.3, 0.4) is 0 Å². The summed E-state index contributed by atoms with van der Waals surface area (Å²) in [5.74, 6) is 1.25. The smallest absolute Gasteiger partial charge is 0.0596 e. The number of aromatic nitrogens is 2. The van der Waals surface area contributed by atoms with Crippen LogP contribution in [0.4, 0.5) is 0 Å². The highest BCUT2D eigenvalue weighted by Gasteiger charge is 2.12. The first-order valence-corrected chi connectivity index (χ1v) is 6.51. The van der Waals surface area contributed by atoms with E-state index >= 15 is 0 Å². The Morgan fingerprint density at radius 1 is 1.24 bits per heavy atom. The minimum absolute atomic E-state index is 0.414. The zero-order chi connectivity index (χ0) is 12.3. The van der Waals surface area contributed by atoms with Gasteiger partial charge in [0, 0.05) is 18.2 Å². The largest absolute Gasteiger partial charge is 0.269 e. The monoisotopic (exact) mass is 246 g/mol. The Kier molecular flexibility index (Phi) is 3.89. The summed E-state index contributed by atoms with van der Waals surface area (Å²) in [6.45, 7) is 5.02. The van der Waals surface area contributed by atoms with Crippen molar-refractivity contribution < 1.29 is 0 Å². The molecule has 0 aliphatic rings. The van der Waals surface area contributed by atoms with Crippen molar-refractivity contribution in [2.75, 3.05) is 5.75 Å². The van der Waals surface area contributed by atoms with Crippen LogP contribution in [0.15, 0.2) is 36.4 Å². The first-order valence-electron chi connectivity index (χ1n) is 5.87. The van der Waals surface area contributed by atoms with Gasteiger partial charge in [-0.2, -0.15) is 17.7 Å². The number of nitrogens with zero attached hydrogens (tertiary/aromatic N) is 2. The fraction of sp³-hybridized carbons (Fsp3) is 0.357. The van der Waals surface area contributed by atoms with E-state index in [-0.39, 0.29) is 0 Å². The quantitative estimate of drug-likeness (QED) is 0.820. The van der Waals surface area contributed by atoms with Gasteiger partial charge in [0.2, 0.25) is 0 Å². The van der Waals surface area contributed by atoms with Gasteiger partial charge in [0.05, 0.1) is 5.69 Å². The Hall–Kier alpha value is -1.22. The van der Waals surface area contributed by atoms with E-state index in [0.717, 1.165) is 18.0 Å². The Balaban J connectivity index is 2.18. The Morgan fingerprint density at radius 2 is 1.94 bits per heavy atom. The van der Waals surface area contributed by atoms with Crippen LogP contribution in [0.5, 0.6) is 0 Å². The lowest BCUT2D eigenvalue weighted by Gasteiger charge is -2.16. The van der Waals surface area contributed by atoms with E-state index in [9.17, 15) is 0 Å². The normalized spacial score (nSPS) is 12.6. The first kappa shape index (κ1) is 12.2. The minimum Gasteiger partial charge on any atom is -0.269 e. The molecule has 2 aromatic rings. The third-order valence-electron chi connectivity index (χ3n) is 2.99. The van der Waals surface area contributed by atoms with Gasteiger partial charge < -0.3 is 0 Å². The van der Waals surface area contributed by atoms with E-state index in [0.29, 0.717) is 5.92 Å². The molecule has 0 saturated heterocycles. The molecule has 0 fully saturated rings. The molecule has 0 aliphatic carbocycles. The number of aryl methyl sites for hydroxylation is 2. The Labute approximate surface area is 108 Å². The van der Waals surface area contributed by atoms with Gasteiger partial charge in [-0.25, -0.2) is 0 Å². The number of benzene rings is 1. The van der Waals surface area contributed by atoms with Gasteiger partial charge in [0.15, 0.2) is 0 Å². The number of hydrogen-bond acceptors (Lipinski definition) is 2. The molecule has 2 nitrogen and oxygen atoms in total. The maximum atomic E-state index is 4.51. The highest BCUT2D eigenvalue weighted by molar-refractivity contribution is 7.80. The van der Waals surface area contributed by atoms with Crippen molar-refractivity contribution >= 4 is 12.6 Å². The predicted molar refractivity (Wildman–Crippen MR) is 74.7 cm³/mol. The Bertz CT molecular complexity index is 476. The summed E-state index contributed by atoms with van der Waals surface area (Å²) in [6.07, 6.45) is 0. The van der Waals surface area contributed by atoms with Crippen LogP contribution in [0.2, 0.25) is 0 Å². The maximum Gasteiger partial charge on any atom is 0.0596 e. The minimum atomic E-state index is 0.414. The summed E-state index contributed by atoms with van der Waals surface area (Å²) in [7, 11) is 0. The average Bonchev–Trinajstić information content (AvgIpc) is 2.66. The van der Waals surface area contributed by atoms with Crippen LogP contribution in [-0.2, 0) is 6.54 Å². The summed E-state index contributed by atoms with van der Waals surface area (Å²) in [4.78, 5) is 0. The molecule has 0 radical (unpaired) electrons. The molecule has 1 unspecified atom stereocenters. The second kappa shape index (κ2) is 5.41. The molecule has 90 valence electrons. The number of rotatable bonds is 4. The fourth-order valence-corrected chi connectivity index (χ4v) is 2.39. The molecule has 17 heavy (non-hydrogen) atoms. The van der Waals surface area contributed by atoms with Crippen molar-refractivity contribution in [2.24, 2.45) is 0 Å². The molecule has 0 N–H and O–H groups in total. The average molecular weight is 246 g/mol. The van der Waals surface area contributed by atoms with Gasteiger partial charge in [-0.15, -0.1) is 0 Å². The molecule has 2 rings (SSSR count). The lowest BCUT2D eigenvalue weighted by atomic mass is 10.0. The number of hydrogen-bond donors (Lipinski definition) is 1. The van der Waals surface area contributed by atoms with Crippen molar-refractivity contribution in [3.63, 3.8) is 0 Å². The number of thiol groups is 1. The lowest BCUT2D eigenvalue weighted by Crippen LogP contribution is -2.13. The lowest BCUT2D eigenvalue weighted by molar-refractivity contribution is 0.534. The van der Waals surface area contributed by atoms with Crippen molar-refractivity contribution in [3.05, 3.63) is 53.3 Å². The van der Waals surface area contributed by atoms with Crippen LogP contribution in [0.25, 0.3) is 0 Å². The molecular weight excluding hydrogens is 228 g/mol. The maximum absolute atomic E-state index is 4.51. The van der Waals surface area contributed by atoms with Crippen LogP contribution in [0, 0.1) is 13.8 Å². The summed E-state index contributed by atoms with van der Waals surface area (Å²) in [6, 6.07) is 12.6. The summed E-state index contributed by atoms with van der Waals surface area (Å²) < 4.78 is 2.07. The highest BCUT2D eigenvalue weighted by atomic mass is 32.1. The zero-order valence-electron chi connectivity index (χ0n) is 10.3. The van der Waals surface area contributed by atoms with Gasteiger partial charge in [-0.3, -0.25) is 4.68 Å². The van der Waals surface area contributed by atoms with Crippen molar-refractivity contribution in [3.8, 4) is 0 Å². The molecule has 0 aliphatic heterocycles. The van der Waals surface area contributed by atoms with Crippen LogP contribution >= 0.6 is 12.6 Å². The van der Waals surface area contributed by atoms with Crippen molar-refractivity contribution in [1.29, 1.82) is 0 Å². The third kappa shape index (κ3) is 2.91. The van der Waals surface area contributed by atoms with E-state index in [4.69, 9.17) is 0 Å². The standard InChI is InChI=1S/C14H18N2S/c1-11-8-12(2)16(15-11)9-14(10-17)13-6-4-3-5-7-13/h3-8,14,17H,9-10H2,1-2H3. The second-order valence-electron chi connectivity index (χ2n) is 4.40. The van der Waals surface area contributed by atoms with Gasteiger partial charge in [0.25, 0.3) is 0 Å². The first-order chi connectivity index (χ1) is 8.20. The van der Waals surface area contributed by atoms with E-state index in [1.54, 1.807) is 0 Å². The molecule has 0 amide bonds. The van der Waals surface area contributed by atoms with Crippen molar-refractivity contribution in [1.82, 2.24) is 9.78 Å². The highest BCUT2D eigenvalue weighted by Crippen LogP contribution is 2.20. The van der Waals surface area contributed by atoms with E-state index in [2.05, 4.69) is 59.7 Å². The predicted octanol–water partition coefficient (Wildman–Crippen LogP) is 3.21. The van der Waals surface area contributed by atoms with E-state index < -0.39 is 0 Å². The summed E-state index contributed by atoms with van der Waals surface area (Å²) in [5, 5.41) is 4.51. The van der Waals surface area contributed by atoms with Crippen molar-refractivity contribution in [2.45, 2.75) is 26.3 Å². The van der Waals surface area contributed by atoms with Crippen LogP contribution in [-0.4, -0.2) is 15.5 Å². The fourth-order valence-electron chi connectivity index (χ4n) is 2.06. The van der Waals surface area contributed by atoms with E-state index in [1.165, 1.54) is 11.3 Å². The summed E-state index contributed by atoms with van der Waals surface area (Å²) in [5.41, 5.74) is 3.62. The van der Waals surface area contributed by atoms with Gasteiger partial charge in [-0.1, -0.05) is 30.3 Å².